The van der Waals surface area contributed by atoms with Crippen LogP contribution in [0, 0.1) is 11.8 Å². The van der Waals surface area contributed by atoms with Crippen molar-refractivity contribution < 1.29 is 48.2 Å². The standard InChI is InChI=1S/C35H58N2O10/c1-20-18-24(16-17-38)33(47-35-32(41)30(37(7)8)31(40)23(4)44-35)34-27(46-34)19-28(39)42-21(2)12-10-9-11-13-26(20)45-29-15-14-25(36(5)6)22(3)43-29/h9-11,13,17,20-27,29-35,40-41H,12,14-16,18-19H2,1-8H3/b10-9+,13-11+/t20-,21-,22-,23-,24+,25+,26+,27-,29-,30+,31-,32-,33+,34-,35+/m1/s1. The molecule has 0 saturated carbocycles. The van der Waals surface area contributed by atoms with Crippen molar-refractivity contribution in [3.05, 3.63) is 24.3 Å². The second-order valence-corrected chi connectivity index (χ2v) is 14.3. The highest BCUT2D eigenvalue weighted by Crippen LogP contribution is 2.40. The number of fused-ring (bicyclic) bond motifs is 1. The Labute approximate surface area is 280 Å². The fourth-order valence-corrected chi connectivity index (χ4v) is 7.33. The molecule has 47 heavy (non-hydrogen) atoms. The first-order valence-electron chi connectivity index (χ1n) is 17.2. The lowest BCUT2D eigenvalue weighted by molar-refractivity contribution is -0.299. The average molecular weight is 667 g/mol. The molecule has 0 bridgehead atoms. The van der Waals surface area contributed by atoms with E-state index in [1.54, 1.807) is 25.9 Å². The number of ether oxygens (including phenoxy) is 6. The van der Waals surface area contributed by atoms with Crippen LogP contribution in [0.15, 0.2) is 24.3 Å². The highest BCUT2D eigenvalue weighted by atomic mass is 16.7. The van der Waals surface area contributed by atoms with Gasteiger partial charge in [-0.15, -0.1) is 0 Å². The first-order chi connectivity index (χ1) is 22.3. The number of hydrogen-bond acceptors (Lipinski definition) is 12. The van der Waals surface area contributed by atoms with Crippen LogP contribution >= 0.6 is 0 Å². The van der Waals surface area contributed by atoms with E-state index in [4.69, 9.17) is 28.4 Å². The zero-order valence-corrected chi connectivity index (χ0v) is 29.3. The van der Waals surface area contributed by atoms with E-state index >= 15 is 0 Å². The van der Waals surface area contributed by atoms with Crippen molar-refractivity contribution in [3.63, 3.8) is 0 Å². The Morgan fingerprint density at radius 3 is 2.34 bits per heavy atom. The Morgan fingerprint density at radius 1 is 0.936 bits per heavy atom. The summed E-state index contributed by atoms with van der Waals surface area (Å²) in [5.41, 5.74) is 0. The van der Waals surface area contributed by atoms with Crippen molar-refractivity contribution in [3.8, 4) is 0 Å². The summed E-state index contributed by atoms with van der Waals surface area (Å²) in [4.78, 5) is 28.8. The molecule has 2 N–H and O–H groups in total. The average Bonchev–Trinajstić information content (AvgIpc) is 3.74. The van der Waals surface area contributed by atoms with E-state index < -0.39 is 49.0 Å². The Bertz CT molecular complexity index is 1070. The molecule has 0 aliphatic carbocycles. The molecular formula is C35H58N2O10. The number of esters is 1. The number of hydrogen-bond donors (Lipinski definition) is 2. The molecule has 0 aromatic rings. The van der Waals surface area contributed by atoms with Gasteiger partial charge in [0, 0.05) is 18.9 Å². The van der Waals surface area contributed by atoms with E-state index in [0.717, 1.165) is 19.1 Å². The lowest BCUT2D eigenvalue weighted by Gasteiger charge is -2.45. The number of carbonyl (C=O) groups is 2. The molecule has 0 spiro atoms. The van der Waals surface area contributed by atoms with Gasteiger partial charge in [0.2, 0.25) is 0 Å². The molecular weight excluding hydrogens is 608 g/mol. The van der Waals surface area contributed by atoms with Gasteiger partial charge in [-0.05, 0) is 80.1 Å². The third-order valence-corrected chi connectivity index (χ3v) is 10.0. The molecule has 3 saturated heterocycles. The van der Waals surface area contributed by atoms with Crippen LogP contribution in [-0.2, 0) is 38.0 Å². The number of rotatable bonds is 8. The minimum absolute atomic E-state index is 0.0108. The largest absolute Gasteiger partial charge is 0.462 e. The Kier molecular flexibility index (Phi) is 14.0. The predicted molar refractivity (Wildman–Crippen MR) is 174 cm³/mol. The minimum atomic E-state index is -1.17. The lowest BCUT2D eigenvalue weighted by Crippen LogP contribution is -2.63. The smallest absolute Gasteiger partial charge is 0.308 e. The number of aliphatic hydroxyl groups is 2. The summed E-state index contributed by atoms with van der Waals surface area (Å²) in [6.45, 7) is 7.74. The molecule has 15 atom stereocenters. The highest BCUT2D eigenvalue weighted by Gasteiger charge is 2.53. The van der Waals surface area contributed by atoms with Crippen molar-refractivity contribution in [2.24, 2.45) is 11.8 Å². The first-order valence-corrected chi connectivity index (χ1v) is 17.2. The Morgan fingerprint density at radius 2 is 1.68 bits per heavy atom. The normalized spacial score (nSPS) is 45.2. The van der Waals surface area contributed by atoms with Gasteiger partial charge in [-0.3, -0.25) is 4.79 Å². The molecule has 0 radical (unpaired) electrons. The Hall–Kier alpha value is -1.74. The first kappa shape index (κ1) is 38.1. The van der Waals surface area contributed by atoms with E-state index in [9.17, 15) is 19.8 Å². The van der Waals surface area contributed by atoms with Crippen LogP contribution in [0.5, 0.6) is 0 Å². The summed E-state index contributed by atoms with van der Waals surface area (Å²) < 4.78 is 37.2. The fourth-order valence-electron chi connectivity index (χ4n) is 7.33. The predicted octanol–water partition coefficient (Wildman–Crippen LogP) is 2.45. The van der Waals surface area contributed by atoms with Crippen molar-refractivity contribution in [1.29, 1.82) is 0 Å². The highest BCUT2D eigenvalue weighted by molar-refractivity contribution is 5.70. The van der Waals surface area contributed by atoms with Crippen LogP contribution in [0.4, 0.5) is 0 Å². The van der Waals surface area contributed by atoms with Crippen molar-refractivity contribution in [1.82, 2.24) is 9.80 Å². The summed E-state index contributed by atoms with van der Waals surface area (Å²) in [6.07, 6.45) is 5.26. The molecule has 4 aliphatic heterocycles. The summed E-state index contributed by atoms with van der Waals surface area (Å²) >= 11 is 0. The third-order valence-electron chi connectivity index (χ3n) is 10.0. The molecule has 4 aliphatic rings. The molecule has 3 fully saturated rings. The molecule has 12 heteroatoms. The van der Waals surface area contributed by atoms with Crippen LogP contribution in [0.2, 0.25) is 0 Å². The molecule has 0 unspecified atom stereocenters. The van der Waals surface area contributed by atoms with Gasteiger partial charge in [0.25, 0.3) is 0 Å². The molecule has 0 aromatic carbocycles. The quantitative estimate of drug-likeness (QED) is 0.224. The van der Waals surface area contributed by atoms with E-state index in [1.807, 2.05) is 31.2 Å². The topological polar surface area (TPSA) is 140 Å². The molecule has 0 aromatic heterocycles. The maximum Gasteiger partial charge on any atom is 0.308 e. The summed E-state index contributed by atoms with van der Waals surface area (Å²) in [5, 5.41) is 22.1. The number of epoxide rings is 1. The van der Waals surface area contributed by atoms with E-state index in [2.05, 4.69) is 32.8 Å². The van der Waals surface area contributed by atoms with Gasteiger partial charge in [0.1, 0.15) is 24.6 Å². The van der Waals surface area contributed by atoms with Gasteiger partial charge < -0.3 is 53.2 Å². The van der Waals surface area contributed by atoms with Crippen LogP contribution < -0.4 is 0 Å². The van der Waals surface area contributed by atoms with Crippen LogP contribution in [0.3, 0.4) is 0 Å². The maximum atomic E-state index is 12.8. The summed E-state index contributed by atoms with van der Waals surface area (Å²) in [6, 6.07) is -0.319. The molecule has 0 amide bonds. The van der Waals surface area contributed by atoms with E-state index in [-0.39, 0.29) is 55.2 Å². The molecule has 4 rings (SSSR count). The maximum absolute atomic E-state index is 12.8. The third kappa shape index (κ3) is 10.1. The Balaban J connectivity index is 1.60. The zero-order chi connectivity index (χ0) is 34.4. The number of nitrogens with zero attached hydrogens (tertiary/aromatic N) is 2. The van der Waals surface area contributed by atoms with Gasteiger partial charge >= 0.3 is 5.97 Å². The van der Waals surface area contributed by atoms with Gasteiger partial charge in [0.15, 0.2) is 12.6 Å². The number of allylic oxidation sites excluding steroid dienone is 2. The van der Waals surface area contributed by atoms with E-state index in [1.165, 1.54) is 0 Å². The van der Waals surface area contributed by atoms with Crippen molar-refractivity contribution >= 4 is 12.3 Å². The number of carbonyl (C=O) groups excluding carboxylic acids is 2. The number of likely N-dealkylation sites (N-methyl/N-ethyl adjacent to an activating group) is 2. The van der Waals surface area contributed by atoms with Crippen LogP contribution in [-0.4, -0.2) is 140 Å². The molecule has 4 heterocycles. The monoisotopic (exact) mass is 666 g/mol. The second kappa shape index (κ2) is 17.3. The van der Waals surface area contributed by atoms with Gasteiger partial charge in [-0.2, -0.15) is 0 Å². The number of aliphatic hydroxyl groups excluding tert-OH is 2. The second-order valence-electron chi connectivity index (χ2n) is 14.3. The van der Waals surface area contributed by atoms with Crippen LogP contribution in [0.25, 0.3) is 0 Å². The summed E-state index contributed by atoms with van der Waals surface area (Å²) in [7, 11) is 7.69. The number of cyclic esters (lactones) is 1. The molecule has 268 valence electrons. The minimum Gasteiger partial charge on any atom is -0.462 e. The SMILES string of the molecule is C[C@@H]1C/C=C/C=C/[C@H](O[C@@H]2CC[C@H](N(C)C)[C@@H](C)O2)[C@H](C)C[C@H](CC=O)[C@H](O[C@@H]2O[C@H](C)[C@@H](O)[C@H](N(C)C)[C@H]2O)[C@@H]2O[C@@H]2CC(=O)O1. The van der Waals surface area contributed by atoms with Gasteiger partial charge in [-0.25, -0.2) is 0 Å². The number of aldehydes is 1. The summed E-state index contributed by atoms with van der Waals surface area (Å²) in [5.74, 6) is -0.789. The van der Waals surface area contributed by atoms with E-state index in [0.29, 0.717) is 18.9 Å². The zero-order valence-electron chi connectivity index (χ0n) is 29.3. The van der Waals surface area contributed by atoms with Gasteiger partial charge in [0.05, 0.1) is 49.1 Å². The molecule has 12 nitrogen and oxygen atoms in total. The van der Waals surface area contributed by atoms with Crippen molar-refractivity contribution in [2.75, 3.05) is 28.2 Å². The lowest BCUT2D eigenvalue weighted by atomic mass is 9.84. The van der Waals surface area contributed by atoms with Crippen LogP contribution in [0.1, 0.15) is 66.2 Å². The van der Waals surface area contributed by atoms with Crippen molar-refractivity contribution in [2.45, 2.75) is 146 Å². The fraction of sp³-hybridized carbons (Fsp3) is 0.829. The van der Waals surface area contributed by atoms with Gasteiger partial charge in [-0.1, -0.05) is 31.2 Å².